The third-order valence-electron chi connectivity index (χ3n) is 2.99. The number of carboxylic acids is 1. The number of carboxylic acid groups (broad SMARTS) is 1. The quantitative estimate of drug-likeness (QED) is 0.627. The lowest BCUT2D eigenvalue weighted by molar-refractivity contribution is -0.133. The Kier molecular flexibility index (Phi) is 5.00. The van der Waals surface area contributed by atoms with Gasteiger partial charge in [-0.2, -0.15) is 0 Å². The van der Waals surface area contributed by atoms with Gasteiger partial charge in [0.1, 0.15) is 5.82 Å². The Morgan fingerprint density at radius 1 is 1.45 bits per heavy atom. The molecule has 108 valence electrons. The summed E-state index contributed by atoms with van der Waals surface area (Å²) in [7, 11) is 0. The maximum Gasteiger partial charge on any atom is 0.313 e. The molecule has 0 radical (unpaired) electrons. The first-order valence-electron chi connectivity index (χ1n) is 6.62. The number of nitrogens with zero attached hydrogens (tertiary/aromatic N) is 2. The highest BCUT2D eigenvalue weighted by molar-refractivity contribution is 7.99. The molecule has 20 heavy (non-hydrogen) atoms. The molecule has 6 heteroatoms. The van der Waals surface area contributed by atoms with Crippen molar-refractivity contribution in [2.75, 3.05) is 5.75 Å². The van der Waals surface area contributed by atoms with Crippen LogP contribution in [0.15, 0.2) is 23.4 Å². The van der Waals surface area contributed by atoms with Crippen LogP contribution in [0.4, 0.5) is 4.39 Å². The van der Waals surface area contributed by atoms with Gasteiger partial charge in [-0.25, -0.2) is 9.37 Å². The van der Waals surface area contributed by atoms with Crippen molar-refractivity contribution in [1.82, 2.24) is 9.55 Å². The third kappa shape index (κ3) is 3.50. The number of fused-ring (bicyclic) bond motifs is 1. The second-order valence-electron chi connectivity index (χ2n) is 4.57. The Morgan fingerprint density at radius 3 is 2.95 bits per heavy atom. The van der Waals surface area contributed by atoms with Crippen LogP contribution in [-0.4, -0.2) is 26.4 Å². The monoisotopic (exact) mass is 296 g/mol. The molecule has 0 saturated carbocycles. The summed E-state index contributed by atoms with van der Waals surface area (Å²) in [4.78, 5) is 15.1. The molecule has 0 atom stereocenters. The summed E-state index contributed by atoms with van der Waals surface area (Å²) in [6.07, 6.45) is 3.15. The molecule has 1 aromatic heterocycles. The summed E-state index contributed by atoms with van der Waals surface area (Å²) in [6, 6.07) is 4.46. The summed E-state index contributed by atoms with van der Waals surface area (Å²) in [5, 5.41) is 9.42. The predicted molar refractivity (Wildman–Crippen MR) is 77.6 cm³/mol. The normalized spacial score (nSPS) is 11.1. The van der Waals surface area contributed by atoms with E-state index in [1.165, 1.54) is 23.9 Å². The number of halogens is 1. The minimum Gasteiger partial charge on any atom is -0.481 e. The van der Waals surface area contributed by atoms with Gasteiger partial charge in [0, 0.05) is 6.54 Å². The van der Waals surface area contributed by atoms with E-state index >= 15 is 0 Å². The van der Waals surface area contributed by atoms with Gasteiger partial charge in [0.05, 0.1) is 16.8 Å². The summed E-state index contributed by atoms with van der Waals surface area (Å²) in [5.74, 6) is -1.23. The van der Waals surface area contributed by atoms with Crippen molar-refractivity contribution in [3.63, 3.8) is 0 Å². The molecule has 0 bridgehead atoms. The topological polar surface area (TPSA) is 55.1 Å². The minimum absolute atomic E-state index is 0.0421. The Hall–Kier alpha value is -1.56. The van der Waals surface area contributed by atoms with Gasteiger partial charge in [-0.1, -0.05) is 31.5 Å². The molecule has 0 spiro atoms. The lowest BCUT2D eigenvalue weighted by Gasteiger charge is -2.07. The van der Waals surface area contributed by atoms with Gasteiger partial charge >= 0.3 is 5.97 Å². The second-order valence-corrected chi connectivity index (χ2v) is 5.51. The van der Waals surface area contributed by atoms with Crippen molar-refractivity contribution in [1.29, 1.82) is 0 Å². The maximum atomic E-state index is 13.4. The van der Waals surface area contributed by atoms with Gasteiger partial charge in [-0.05, 0) is 24.6 Å². The summed E-state index contributed by atoms with van der Waals surface area (Å²) >= 11 is 1.17. The largest absolute Gasteiger partial charge is 0.481 e. The van der Waals surface area contributed by atoms with Crippen LogP contribution in [0.1, 0.15) is 26.2 Å². The van der Waals surface area contributed by atoms with Crippen LogP contribution in [0.3, 0.4) is 0 Å². The molecule has 0 unspecified atom stereocenters. The number of imidazole rings is 1. The first-order valence-corrected chi connectivity index (χ1v) is 7.60. The predicted octanol–water partition coefficient (Wildman–Crippen LogP) is 3.54. The second kappa shape index (κ2) is 6.74. The van der Waals surface area contributed by atoms with E-state index in [4.69, 9.17) is 5.11 Å². The highest BCUT2D eigenvalue weighted by Gasteiger charge is 2.13. The SMILES string of the molecule is CCCCCn1c(SCC(=O)O)nc2ccc(F)cc21. The molecule has 1 aromatic carbocycles. The molecule has 0 amide bonds. The Bertz CT molecular complexity index is 612. The van der Waals surface area contributed by atoms with Gasteiger partial charge in [0.2, 0.25) is 0 Å². The molecule has 0 saturated heterocycles. The van der Waals surface area contributed by atoms with Crippen LogP contribution in [0.5, 0.6) is 0 Å². The number of unbranched alkanes of at least 4 members (excludes halogenated alkanes) is 2. The van der Waals surface area contributed by atoms with E-state index in [-0.39, 0.29) is 11.6 Å². The highest BCUT2D eigenvalue weighted by Crippen LogP contribution is 2.25. The number of aromatic nitrogens is 2. The van der Waals surface area contributed by atoms with Crippen molar-refractivity contribution in [3.05, 3.63) is 24.0 Å². The van der Waals surface area contributed by atoms with E-state index in [1.807, 2.05) is 4.57 Å². The average Bonchev–Trinajstić information content (AvgIpc) is 2.74. The van der Waals surface area contributed by atoms with E-state index in [2.05, 4.69) is 11.9 Å². The fourth-order valence-corrected chi connectivity index (χ4v) is 2.81. The van der Waals surface area contributed by atoms with Crippen LogP contribution in [0, 0.1) is 5.82 Å². The number of aliphatic carboxylic acids is 1. The first-order chi connectivity index (χ1) is 9.61. The standard InChI is InChI=1S/C14H17FN2O2S/c1-2-3-4-7-17-12-8-10(15)5-6-11(12)16-14(17)20-9-13(18)19/h5-6,8H,2-4,7,9H2,1H3,(H,18,19). The number of benzene rings is 1. The number of thioether (sulfide) groups is 1. The Labute approximate surface area is 121 Å². The van der Waals surface area contributed by atoms with Gasteiger partial charge in [-0.3, -0.25) is 4.79 Å². The molecule has 1 heterocycles. The fraction of sp³-hybridized carbons (Fsp3) is 0.429. The Morgan fingerprint density at radius 2 is 2.25 bits per heavy atom. The molecule has 0 fully saturated rings. The number of carbonyl (C=O) groups is 1. The first kappa shape index (κ1) is 14.8. The van der Waals surface area contributed by atoms with Crippen LogP contribution in [0.25, 0.3) is 11.0 Å². The van der Waals surface area contributed by atoms with Crippen LogP contribution in [0.2, 0.25) is 0 Å². The molecule has 2 aromatic rings. The van der Waals surface area contributed by atoms with E-state index < -0.39 is 5.97 Å². The summed E-state index contributed by atoms with van der Waals surface area (Å²) in [5.41, 5.74) is 1.43. The van der Waals surface area contributed by atoms with Crippen molar-refractivity contribution in [3.8, 4) is 0 Å². The van der Waals surface area contributed by atoms with Crippen LogP contribution >= 0.6 is 11.8 Å². The highest BCUT2D eigenvalue weighted by atomic mass is 32.2. The third-order valence-corrected chi connectivity index (χ3v) is 3.95. The zero-order valence-corrected chi connectivity index (χ0v) is 12.1. The van der Waals surface area contributed by atoms with E-state index in [0.29, 0.717) is 10.7 Å². The zero-order valence-electron chi connectivity index (χ0n) is 11.3. The Balaban J connectivity index is 2.32. The van der Waals surface area contributed by atoms with E-state index in [1.54, 1.807) is 6.07 Å². The lowest BCUT2D eigenvalue weighted by atomic mass is 10.2. The number of aryl methyl sites for hydroxylation is 1. The molecule has 0 aliphatic heterocycles. The summed E-state index contributed by atoms with van der Waals surface area (Å²) < 4.78 is 15.3. The smallest absolute Gasteiger partial charge is 0.313 e. The van der Waals surface area contributed by atoms with Crippen molar-refractivity contribution in [2.45, 2.75) is 37.9 Å². The zero-order chi connectivity index (χ0) is 14.5. The molecular formula is C14H17FN2O2S. The molecule has 0 aliphatic rings. The number of rotatable bonds is 7. The average molecular weight is 296 g/mol. The molecule has 1 N–H and O–H groups in total. The van der Waals surface area contributed by atoms with Gasteiger partial charge in [0.15, 0.2) is 5.16 Å². The van der Waals surface area contributed by atoms with Crippen LogP contribution < -0.4 is 0 Å². The van der Waals surface area contributed by atoms with Crippen LogP contribution in [-0.2, 0) is 11.3 Å². The summed E-state index contributed by atoms with van der Waals surface area (Å²) in [6.45, 7) is 2.85. The van der Waals surface area contributed by atoms with Gasteiger partial charge in [0.25, 0.3) is 0 Å². The maximum absolute atomic E-state index is 13.4. The lowest BCUT2D eigenvalue weighted by Crippen LogP contribution is -2.03. The molecule has 0 aliphatic carbocycles. The number of hydrogen-bond acceptors (Lipinski definition) is 3. The molecular weight excluding hydrogens is 279 g/mol. The van der Waals surface area contributed by atoms with Crippen molar-refractivity contribution in [2.24, 2.45) is 0 Å². The van der Waals surface area contributed by atoms with Gasteiger partial charge in [-0.15, -0.1) is 0 Å². The van der Waals surface area contributed by atoms with Crippen molar-refractivity contribution >= 4 is 28.8 Å². The molecule has 4 nitrogen and oxygen atoms in total. The van der Waals surface area contributed by atoms with Crippen molar-refractivity contribution < 1.29 is 14.3 Å². The fourth-order valence-electron chi connectivity index (χ4n) is 2.05. The minimum atomic E-state index is -0.881. The van der Waals surface area contributed by atoms with Gasteiger partial charge < -0.3 is 9.67 Å². The number of hydrogen-bond donors (Lipinski definition) is 1. The van der Waals surface area contributed by atoms with E-state index in [9.17, 15) is 9.18 Å². The molecule has 2 rings (SSSR count). The van der Waals surface area contributed by atoms with E-state index in [0.717, 1.165) is 31.3 Å².